The second-order valence-corrected chi connectivity index (χ2v) is 6.26. The number of nitrogens with two attached hydrogens (primary N) is 1. The van der Waals surface area contributed by atoms with E-state index in [0.717, 1.165) is 37.5 Å². The second kappa shape index (κ2) is 5.76. The molecule has 1 fully saturated rings. The summed E-state index contributed by atoms with van der Waals surface area (Å²) in [4.78, 5) is 13.2. The highest BCUT2D eigenvalue weighted by atomic mass is 32.2. The number of hydrogen-bond acceptors (Lipinski definition) is 3. The van der Waals surface area contributed by atoms with Gasteiger partial charge in [-0.15, -0.1) is 0 Å². The van der Waals surface area contributed by atoms with E-state index in [2.05, 4.69) is 5.32 Å². The van der Waals surface area contributed by atoms with Gasteiger partial charge >= 0.3 is 6.03 Å². The van der Waals surface area contributed by atoms with Crippen molar-refractivity contribution in [3.05, 3.63) is 24.0 Å². The molecule has 6 nitrogen and oxygen atoms in total. The van der Waals surface area contributed by atoms with Gasteiger partial charge in [0.15, 0.2) is 0 Å². The van der Waals surface area contributed by atoms with Crippen molar-refractivity contribution in [2.24, 2.45) is 5.14 Å². The maximum atomic E-state index is 13.4. The number of anilines is 1. The number of amides is 2. The van der Waals surface area contributed by atoms with Crippen LogP contribution in [0.3, 0.4) is 0 Å². The number of nitrogens with one attached hydrogen (secondary N) is 1. The largest absolute Gasteiger partial charge is 0.325 e. The van der Waals surface area contributed by atoms with Gasteiger partial charge in [-0.2, -0.15) is 0 Å². The lowest BCUT2D eigenvalue weighted by Gasteiger charge is -2.26. The van der Waals surface area contributed by atoms with Crippen molar-refractivity contribution in [3.8, 4) is 0 Å². The summed E-state index contributed by atoms with van der Waals surface area (Å²) in [7, 11) is -4.01. The first-order chi connectivity index (χ1) is 9.36. The summed E-state index contributed by atoms with van der Waals surface area (Å²) in [6.07, 6.45) is 2.94. The number of halogens is 1. The number of primary sulfonamides is 1. The predicted molar refractivity (Wildman–Crippen MR) is 72.2 cm³/mol. The maximum absolute atomic E-state index is 13.4. The Morgan fingerprint density at radius 1 is 1.20 bits per heavy atom. The fraction of sp³-hybridized carbons (Fsp3) is 0.417. The molecule has 20 heavy (non-hydrogen) atoms. The molecule has 8 heteroatoms. The van der Waals surface area contributed by atoms with Gasteiger partial charge in [-0.05, 0) is 37.5 Å². The minimum absolute atomic E-state index is 0.0737. The van der Waals surface area contributed by atoms with Crippen LogP contribution in [-0.4, -0.2) is 32.4 Å². The topological polar surface area (TPSA) is 92.5 Å². The highest BCUT2D eigenvalue weighted by Crippen LogP contribution is 2.18. The Balaban J connectivity index is 2.16. The molecule has 0 bridgehead atoms. The van der Waals surface area contributed by atoms with Crippen LogP contribution >= 0.6 is 0 Å². The van der Waals surface area contributed by atoms with Crippen LogP contribution in [0.5, 0.6) is 0 Å². The number of likely N-dealkylation sites (tertiary alicyclic amines) is 1. The van der Waals surface area contributed by atoms with E-state index in [0.29, 0.717) is 13.1 Å². The summed E-state index contributed by atoms with van der Waals surface area (Å²) < 4.78 is 35.8. The number of carbonyl (C=O) groups excluding carboxylic acids is 1. The minimum Gasteiger partial charge on any atom is -0.325 e. The molecule has 0 saturated carbocycles. The van der Waals surface area contributed by atoms with Crippen molar-refractivity contribution in [3.63, 3.8) is 0 Å². The first-order valence-corrected chi connectivity index (χ1v) is 7.80. The molecule has 110 valence electrons. The summed E-state index contributed by atoms with van der Waals surface area (Å²) in [5, 5.41) is 7.44. The minimum atomic E-state index is -4.01. The molecule has 1 aromatic rings. The van der Waals surface area contributed by atoms with Gasteiger partial charge in [0, 0.05) is 18.8 Å². The molecule has 3 N–H and O–H groups in total. The Morgan fingerprint density at radius 2 is 1.85 bits per heavy atom. The van der Waals surface area contributed by atoms with Crippen LogP contribution < -0.4 is 10.5 Å². The van der Waals surface area contributed by atoms with E-state index in [1.54, 1.807) is 4.90 Å². The van der Waals surface area contributed by atoms with Crippen LogP contribution in [0.1, 0.15) is 19.3 Å². The van der Waals surface area contributed by atoms with Crippen molar-refractivity contribution < 1.29 is 17.6 Å². The van der Waals surface area contributed by atoms with Crippen LogP contribution in [0.25, 0.3) is 0 Å². The quantitative estimate of drug-likeness (QED) is 0.866. The van der Waals surface area contributed by atoms with Gasteiger partial charge in [-0.25, -0.2) is 22.7 Å². The molecule has 1 aliphatic rings. The Kier molecular flexibility index (Phi) is 4.24. The van der Waals surface area contributed by atoms with Crippen molar-refractivity contribution in [1.82, 2.24) is 4.90 Å². The number of piperidine rings is 1. The van der Waals surface area contributed by atoms with Gasteiger partial charge in [0.2, 0.25) is 10.0 Å². The summed E-state index contributed by atoms with van der Waals surface area (Å²) in [5.74, 6) is -0.773. The zero-order valence-electron chi connectivity index (χ0n) is 10.8. The molecule has 0 radical (unpaired) electrons. The van der Waals surface area contributed by atoms with Crippen molar-refractivity contribution >= 4 is 21.7 Å². The SMILES string of the molecule is NS(=O)(=O)c1cc(F)cc(NC(=O)N2CCCCC2)c1. The Hall–Kier alpha value is -1.67. The lowest BCUT2D eigenvalue weighted by Crippen LogP contribution is -2.38. The lowest BCUT2D eigenvalue weighted by molar-refractivity contribution is 0.200. The molecule has 1 aliphatic heterocycles. The summed E-state index contributed by atoms with van der Waals surface area (Å²) in [6.45, 7) is 1.28. The lowest BCUT2D eigenvalue weighted by atomic mass is 10.1. The fourth-order valence-corrected chi connectivity index (χ4v) is 2.67. The molecule has 0 unspecified atom stereocenters. The zero-order valence-corrected chi connectivity index (χ0v) is 11.6. The van der Waals surface area contributed by atoms with Crippen LogP contribution in [0, 0.1) is 5.82 Å². The summed E-state index contributed by atoms with van der Waals surface area (Å²) in [6, 6.07) is 2.64. The van der Waals surface area contributed by atoms with Crippen molar-refractivity contribution in [2.75, 3.05) is 18.4 Å². The highest BCUT2D eigenvalue weighted by molar-refractivity contribution is 7.89. The van der Waals surface area contributed by atoms with Gasteiger partial charge < -0.3 is 10.2 Å². The number of benzene rings is 1. The predicted octanol–water partition coefficient (Wildman–Crippen LogP) is 1.49. The number of nitrogens with zero attached hydrogens (tertiary/aromatic N) is 1. The van der Waals surface area contributed by atoms with Gasteiger partial charge in [0.05, 0.1) is 4.90 Å². The van der Waals surface area contributed by atoms with Crippen LogP contribution in [0.2, 0.25) is 0 Å². The van der Waals surface area contributed by atoms with E-state index in [4.69, 9.17) is 5.14 Å². The van der Waals surface area contributed by atoms with Gasteiger partial charge in [-0.1, -0.05) is 0 Å². The third-order valence-corrected chi connectivity index (χ3v) is 3.99. The third kappa shape index (κ3) is 3.67. The molecule has 2 rings (SSSR count). The standard InChI is InChI=1S/C12H16FN3O3S/c13-9-6-10(8-11(7-9)20(14,18)19)15-12(17)16-4-2-1-3-5-16/h6-8H,1-5H2,(H,15,17)(H2,14,18,19). The Bertz CT molecular complexity index is 612. The fourth-order valence-electron chi connectivity index (χ4n) is 2.10. The van der Waals surface area contributed by atoms with E-state index < -0.39 is 15.8 Å². The highest BCUT2D eigenvalue weighted by Gasteiger charge is 2.18. The van der Waals surface area contributed by atoms with Crippen molar-refractivity contribution in [1.29, 1.82) is 0 Å². The molecule has 0 atom stereocenters. The molecular formula is C12H16FN3O3S. The smallest absolute Gasteiger partial charge is 0.321 e. The second-order valence-electron chi connectivity index (χ2n) is 4.70. The molecule has 1 heterocycles. The van der Waals surface area contributed by atoms with E-state index in [1.807, 2.05) is 0 Å². The maximum Gasteiger partial charge on any atom is 0.321 e. The first-order valence-electron chi connectivity index (χ1n) is 6.25. The van der Waals surface area contributed by atoms with Crippen LogP contribution in [0.15, 0.2) is 23.1 Å². The number of urea groups is 1. The average Bonchev–Trinajstić information content (AvgIpc) is 2.38. The molecule has 1 aromatic carbocycles. The van der Waals surface area contributed by atoms with Crippen LogP contribution in [-0.2, 0) is 10.0 Å². The number of hydrogen-bond donors (Lipinski definition) is 2. The molecule has 0 aliphatic carbocycles. The van der Waals surface area contributed by atoms with Gasteiger partial charge in [0.25, 0.3) is 0 Å². The average molecular weight is 301 g/mol. The number of carbonyl (C=O) groups is 1. The van der Waals surface area contributed by atoms with Crippen molar-refractivity contribution in [2.45, 2.75) is 24.2 Å². The summed E-state index contributed by atoms with van der Waals surface area (Å²) in [5.41, 5.74) is 0.0737. The summed E-state index contributed by atoms with van der Waals surface area (Å²) >= 11 is 0. The first kappa shape index (κ1) is 14.7. The van der Waals surface area contributed by atoms with E-state index in [1.165, 1.54) is 0 Å². The molecular weight excluding hydrogens is 285 g/mol. The monoisotopic (exact) mass is 301 g/mol. The molecule has 1 saturated heterocycles. The van der Waals surface area contributed by atoms with Gasteiger partial charge in [0.1, 0.15) is 5.82 Å². The third-order valence-electron chi connectivity index (χ3n) is 3.09. The normalized spacial score (nSPS) is 16.0. The number of sulfonamides is 1. The van der Waals surface area contributed by atoms with E-state index in [-0.39, 0.29) is 16.6 Å². The molecule has 0 spiro atoms. The zero-order chi connectivity index (χ0) is 14.8. The molecule has 0 aromatic heterocycles. The Morgan fingerprint density at radius 3 is 2.45 bits per heavy atom. The van der Waals surface area contributed by atoms with E-state index in [9.17, 15) is 17.6 Å². The van der Waals surface area contributed by atoms with Gasteiger partial charge in [-0.3, -0.25) is 0 Å². The Labute approximate surface area is 116 Å². The van der Waals surface area contributed by atoms with Crippen LogP contribution in [0.4, 0.5) is 14.9 Å². The number of rotatable bonds is 2. The van der Waals surface area contributed by atoms with E-state index >= 15 is 0 Å². The molecule has 2 amide bonds.